The smallest absolute Gasteiger partial charge is 0.414 e. The maximum Gasteiger partial charge on any atom is 0.414 e. The molecular weight excluding hydrogens is 1070 g/mol. The molecule has 15 heteroatoms. The number of rotatable bonds is 22. The maximum absolute atomic E-state index is 17.9. The molecule has 0 aliphatic heterocycles. The van der Waals surface area contributed by atoms with Crippen molar-refractivity contribution in [1.82, 2.24) is 0 Å². The number of hydrogen-bond donors (Lipinski definition) is 0. The van der Waals surface area contributed by atoms with Crippen LogP contribution in [-0.2, 0) is 47.0 Å². The molecule has 2 aliphatic rings. The average Bonchev–Trinajstić information content (AvgIpc) is 3.57. The van der Waals surface area contributed by atoms with E-state index < -0.39 is 106 Å². The van der Waals surface area contributed by atoms with Crippen LogP contribution in [0.1, 0.15) is 169 Å². The van der Waals surface area contributed by atoms with Crippen LogP contribution in [0.4, 0.5) is 52.7 Å². The molecule has 81 heavy (non-hydrogen) atoms. The van der Waals surface area contributed by atoms with Crippen LogP contribution in [0, 0.1) is 23.5 Å². The first-order valence-electron chi connectivity index (χ1n) is 28.2. The van der Waals surface area contributed by atoms with Gasteiger partial charge in [0.15, 0.2) is 12.2 Å². The highest BCUT2D eigenvalue weighted by atomic mass is 19.4. The summed E-state index contributed by atoms with van der Waals surface area (Å²) in [6.45, 7) is 4.34. The third-order valence-electron chi connectivity index (χ3n) is 16.8. The van der Waals surface area contributed by atoms with E-state index >= 15 is 26.3 Å². The van der Waals surface area contributed by atoms with Gasteiger partial charge >= 0.3 is 24.2 Å². The van der Waals surface area contributed by atoms with Gasteiger partial charge in [0.2, 0.25) is 0 Å². The maximum atomic E-state index is 17.9. The van der Waals surface area contributed by atoms with Crippen molar-refractivity contribution in [2.45, 2.75) is 165 Å². The molecule has 0 heterocycles. The molecule has 2 aliphatic carbocycles. The standard InChI is InChI=1S/C66H70F12O3/c1-5-11-41-17-25-45(26-18-41)47-29-21-43(22-30-47)37-49-13-7-9-15-53(49)63(69,70)59-55(35-33-51(61(59)67)39-57(79-3)65(73,74)75)81-56-36-34-52(40-58(80-4)66(76,77)78)62(68)60(56)64(71,72)54-16-10-8-14-50(54)38-44-23-31-48(32-24-44)46-27-19-42(12-6-2)20-28-46/h7-10,13-16,21-24,29-36,41-42,45-46,57-58H,5-6,11-12,17-20,25-28,37-40H2,1-4H3. The van der Waals surface area contributed by atoms with Gasteiger partial charge in [-0.25, -0.2) is 8.78 Å². The monoisotopic (exact) mass is 1140 g/mol. The Morgan fingerprint density at radius 1 is 0.432 bits per heavy atom. The molecule has 0 bridgehead atoms. The minimum atomic E-state index is -5.09. The Kier molecular flexibility index (Phi) is 19.8. The van der Waals surface area contributed by atoms with Crippen molar-refractivity contribution >= 4 is 0 Å². The van der Waals surface area contributed by atoms with Crippen LogP contribution >= 0.6 is 0 Å². The molecule has 2 unspecified atom stereocenters. The molecule has 8 rings (SSSR count). The summed E-state index contributed by atoms with van der Waals surface area (Å²) in [5, 5.41) is 0. The molecule has 6 aromatic carbocycles. The lowest BCUT2D eigenvalue weighted by atomic mass is 9.77. The van der Waals surface area contributed by atoms with Crippen molar-refractivity contribution in [3.8, 4) is 11.5 Å². The first kappa shape index (κ1) is 61.3. The lowest BCUT2D eigenvalue weighted by molar-refractivity contribution is -0.212. The molecule has 0 spiro atoms. The van der Waals surface area contributed by atoms with E-state index in [1.807, 2.05) is 48.5 Å². The SMILES string of the molecule is CCCC1CCC(c2ccc(Cc3ccccc3C(F)(F)c3c(Oc4ccc(CC(OC)C(F)(F)F)c(F)c4C(F)(F)c4ccccc4Cc4ccc(C5CCC(CCC)CC5)cc4)ccc(CC(OC)C(F)(F)F)c3F)cc2)CC1. The number of ether oxygens (including phenoxy) is 3. The van der Waals surface area contributed by atoms with E-state index in [0.717, 1.165) is 87.5 Å². The van der Waals surface area contributed by atoms with Gasteiger partial charge in [0.1, 0.15) is 34.3 Å². The molecule has 0 N–H and O–H groups in total. The van der Waals surface area contributed by atoms with E-state index in [1.54, 1.807) is 0 Å². The van der Waals surface area contributed by atoms with Crippen LogP contribution < -0.4 is 4.74 Å². The van der Waals surface area contributed by atoms with Crippen molar-refractivity contribution in [1.29, 1.82) is 0 Å². The van der Waals surface area contributed by atoms with Gasteiger partial charge in [-0.05, 0) is 145 Å². The molecule has 0 saturated heterocycles. The van der Waals surface area contributed by atoms with Gasteiger partial charge in [0.25, 0.3) is 0 Å². The summed E-state index contributed by atoms with van der Waals surface area (Å²) >= 11 is 0. The Bertz CT molecular complexity index is 2800. The number of halogens is 12. The van der Waals surface area contributed by atoms with Crippen molar-refractivity contribution in [2.24, 2.45) is 11.8 Å². The average molecular weight is 1140 g/mol. The molecule has 0 amide bonds. The Labute approximate surface area is 467 Å². The lowest BCUT2D eigenvalue weighted by Gasteiger charge is -2.29. The van der Waals surface area contributed by atoms with Gasteiger partial charge < -0.3 is 14.2 Å². The summed E-state index contributed by atoms with van der Waals surface area (Å²) in [6.07, 6.45) is -5.22. The van der Waals surface area contributed by atoms with Crippen molar-refractivity contribution in [2.75, 3.05) is 14.2 Å². The topological polar surface area (TPSA) is 27.7 Å². The van der Waals surface area contributed by atoms with Crippen LogP contribution in [0.3, 0.4) is 0 Å². The van der Waals surface area contributed by atoms with Crippen LogP contribution in [0.25, 0.3) is 0 Å². The van der Waals surface area contributed by atoms with E-state index in [2.05, 4.69) is 23.3 Å². The van der Waals surface area contributed by atoms with E-state index in [0.29, 0.717) is 73.3 Å². The molecule has 0 radical (unpaired) electrons. The van der Waals surface area contributed by atoms with Gasteiger partial charge in [0, 0.05) is 38.2 Å². The second kappa shape index (κ2) is 26.2. The zero-order valence-corrected chi connectivity index (χ0v) is 46.1. The van der Waals surface area contributed by atoms with E-state index in [9.17, 15) is 26.3 Å². The second-order valence-electron chi connectivity index (χ2n) is 22.2. The van der Waals surface area contributed by atoms with Gasteiger partial charge in [-0.2, -0.15) is 43.9 Å². The van der Waals surface area contributed by atoms with Gasteiger partial charge in [-0.1, -0.05) is 149 Å². The third kappa shape index (κ3) is 14.3. The summed E-state index contributed by atoms with van der Waals surface area (Å²) in [7, 11) is 1.42. The number of alkyl halides is 10. The Hall–Kier alpha value is -5.80. The lowest BCUT2D eigenvalue weighted by Crippen LogP contribution is -2.33. The largest absolute Gasteiger partial charge is 0.456 e. The second-order valence-corrected chi connectivity index (χ2v) is 22.2. The first-order valence-corrected chi connectivity index (χ1v) is 28.2. The fourth-order valence-corrected chi connectivity index (χ4v) is 12.3. The predicted molar refractivity (Wildman–Crippen MR) is 291 cm³/mol. The zero-order chi connectivity index (χ0) is 58.3. The molecule has 436 valence electrons. The molecule has 0 aromatic heterocycles. The number of methoxy groups -OCH3 is 2. The first-order chi connectivity index (χ1) is 38.6. The van der Waals surface area contributed by atoms with Gasteiger partial charge in [-0.15, -0.1) is 0 Å². The highest BCUT2D eigenvalue weighted by Gasteiger charge is 2.48. The van der Waals surface area contributed by atoms with E-state index in [-0.39, 0.29) is 24.0 Å². The number of benzene rings is 6. The Morgan fingerprint density at radius 2 is 0.778 bits per heavy atom. The third-order valence-corrected chi connectivity index (χ3v) is 16.8. The molecule has 6 aromatic rings. The molecule has 3 nitrogen and oxygen atoms in total. The predicted octanol–water partition coefficient (Wildman–Crippen LogP) is 19.6. The van der Waals surface area contributed by atoms with Crippen LogP contribution in [0.5, 0.6) is 11.5 Å². The van der Waals surface area contributed by atoms with E-state index in [1.165, 1.54) is 49.2 Å². The summed E-state index contributed by atoms with van der Waals surface area (Å²) in [6, 6.07) is 28.1. The number of hydrogen-bond acceptors (Lipinski definition) is 3. The van der Waals surface area contributed by atoms with Crippen LogP contribution in [0.15, 0.2) is 121 Å². The quantitative estimate of drug-likeness (QED) is 0.0634. The minimum absolute atomic E-state index is 0.0168. The highest BCUT2D eigenvalue weighted by molar-refractivity contribution is 5.55. The molecular formula is C66H70F12O3. The van der Waals surface area contributed by atoms with Crippen LogP contribution in [-0.4, -0.2) is 38.8 Å². The van der Waals surface area contributed by atoms with Crippen molar-refractivity contribution < 1.29 is 66.9 Å². The molecule has 2 atom stereocenters. The zero-order valence-electron chi connectivity index (χ0n) is 46.1. The van der Waals surface area contributed by atoms with Crippen LogP contribution in [0.2, 0.25) is 0 Å². The molecule has 2 fully saturated rings. The Balaban J connectivity index is 1.19. The fraction of sp³-hybridized carbons (Fsp3) is 0.455. The fourth-order valence-electron chi connectivity index (χ4n) is 12.3. The summed E-state index contributed by atoms with van der Waals surface area (Å²) in [5.74, 6) is -13.1. The van der Waals surface area contributed by atoms with Crippen molar-refractivity contribution in [3.63, 3.8) is 0 Å². The highest BCUT2D eigenvalue weighted by Crippen LogP contribution is 2.51. The minimum Gasteiger partial charge on any atom is -0.456 e. The molecule has 2 saturated carbocycles. The normalized spacial score (nSPS) is 19.1. The van der Waals surface area contributed by atoms with Gasteiger partial charge in [0.05, 0.1) is 0 Å². The summed E-state index contributed by atoms with van der Waals surface area (Å²) < 4.78 is 206. The summed E-state index contributed by atoms with van der Waals surface area (Å²) in [5.41, 5.74) is -3.30. The van der Waals surface area contributed by atoms with E-state index in [4.69, 9.17) is 4.74 Å². The van der Waals surface area contributed by atoms with Gasteiger partial charge in [-0.3, -0.25) is 0 Å². The Morgan fingerprint density at radius 3 is 1.10 bits per heavy atom. The van der Waals surface area contributed by atoms with Crippen molar-refractivity contribution in [3.05, 3.63) is 200 Å². The summed E-state index contributed by atoms with van der Waals surface area (Å²) in [4.78, 5) is 0.